The molecule has 2 N–H and O–H groups in total. The zero-order valence-corrected chi connectivity index (χ0v) is 10.1. The highest BCUT2D eigenvalue weighted by Crippen LogP contribution is 2.12. The molecule has 0 aromatic carbocycles. The molecule has 1 unspecified atom stereocenters. The van der Waals surface area contributed by atoms with Gasteiger partial charge in [0, 0.05) is 26.7 Å². The van der Waals surface area contributed by atoms with Crippen molar-refractivity contribution in [1.82, 2.24) is 10.2 Å². The lowest BCUT2D eigenvalue weighted by Gasteiger charge is -2.33. The van der Waals surface area contributed by atoms with Crippen LogP contribution >= 0.6 is 0 Å². The minimum absolute atomic E-state index is 0.0356. The molecular weight excluding hydrogens is 208 g/mol. The van der Waals surface area contributed by atoms with Gasteiger partial charge in [-0.05, 0) is 19.8 Å². The Morgan fingerprint density at radius 1 is 1.56 bits per heavy atom. The fourth-order valence-electron chi connectivity index (χ4n) is 1.86. The third-order valence-corrected chi connectivity index (χ3v) is 3.03. The van der Waals surface area contributed by atoms with Crippen molar-refractivity contribution in [2.45, 2.75) is 31.9 Å². The van der Waals surface area contributed by atoms with Crippen LogP contribution in [0, 0.1) is 0 Å². The van der Waals surface area contributed by atoms with Crippen LogP contribution in [0.3, 0.4) is 0 Å². The van der Waals surface area contributed by atoms with Crippen molar-refractivity contribution in [3.05, 3.63) is 0 Å². The van der Waals surface area contributed by atoms with Gasteiger partial charge in [-0.25, -0.2) is 0 Å². The van der Waals surface area contributed by atoms with E-state index >= 15 is 0 Å². The lowest BCUT2D eigenvalue weighted by atomic mass is 10.1. The fraction of sp³-hybridized carbons (Fsp3) is 0.909. The van der Waals surface area contributed by atoms with E-state index in [9.17, 15) is 9.90 Å². The third kappa shape index (κ3) is 4.08. The zero-order valence-electron chi connectivity index (χ0n) is 10.1. The van der Waals surface area contributed by atoms with Crippen LogP contribution in [0.25, 0.3) is 0 Å². The number of aliphatic hydroxyl groups excluding tert-OH is 1. The molecule has 5 nitrogen and oxygen atoms in total. The van der Waals surface area contributed by atoms with E-state index in [1.165, 1.54) is 0 Å². The molecule has 1 atom stereocenters. The number of amides is 1. The number of hydrogen-bond acceptors (Lipinski definition) is 4. The van der Waals surface area contributed by atoms with E-state index in [0.29, 0.717) is 13.2 Å². The highest BCUT2D eigenvalue weighted by molar-refractivity contribution is 5.81. The van der Waals surface area contributed by atoms with Gasteiger partial charge in [0.25, 0.3) is 0 Å². The predicted octanol–water partition coefficient (Wildman–Crippen LogP) is -0.406. The summed E-state index contributed by atoms with van der Waals surface area (Å²) < 4.78 is 4.87. The summed E-state index contributed by atoms with van der Waals surface area (Å²) >= 11 is 0. The van der Waals surface area contributed by atoms with Gasteiger partial charge >= 0.3 is 0 Å². The third-order valence-electron chi connectivity index (χ3n) is 3.03. The molecule has 1 aliphatic rings. The van der Waals surface area contributed by atoms with Crippen molar-refractivity contribution in [1.29, 1.82) is 0 Å². The number of methoxy groups -OCH3 is 1. The maximum Gasteiger partial charge on any atom is 0.237 e. The van der Waals surface area contributed by atoms with Crippen molar-refractivity contribution in [2.24, 2.45) is 0 Å². The van der Waals surface area contributed by atoms with Gasteiger partial charge in [0.2, 0.25) is 5.91 Å². The Bertz CT molecular complexity index is 215. The Morgan fingerprint density at radius 2 is 2.19 bits per heavy atom. The lowest BCUT2D eigenvalue weighted by Crippen LogP contribution is -2.49. The number of hydrogen-bond donors (Lipinski definition) is 2. The van der Waals surface area contributed by atoms with E-state index in [-0.39, 0.29) is 18.1 Å². The van der Waals surface area contributed by atoms with E-state index in [2.05, 4.69) is 10.2 Å². The first-order valence-electron chi connectivity index (χ1n) is 5.84. The van der Waals surface area contributed by atoms with Gasteiger partial charge in [-0.15, -0.1) is 0 Å². The van der Waals surface area contributed by atoms with Crippen LogP contribution in [-0.4, -0.2) is 61.4 Å². The first-order valence-corrected chi connectivity index (χ1v) is 5.84. The van der Waals surface area contributed by atoms with Gasteiger partial charge in [-0.2, -0.15) is 0 Å². The molecule has 0 bridgehead atoms. The van der Waals surface area contributed by atoms with Crippen LogP contribution in [0.15, 0.2) is 0 Å². The van der Waals surface area contributed by atoms with E-state index in [4.69, 9.17) is 4.74 Å². The number of piperidine rings is 1. The first kappa shape index (κ1) is 13.4. The van der Waals surface area contributed by atoms with Crippen LogP contribution in [0.1, 0.15) is 19.8 Å². The van der Waals surface area contributed by atoms with Crippen LogP contribution in [0.4, 0.5) is 0 Å². The summed E-state index contributed by atoms with van der Waals surface area (Å²) in [5.41, 5.74) is 0. The Kier molecular flexibility index (Phi) is 5.73. The first-order chi connectivity index (χ1) is 7.65. The highest BCUT2D eigenvalue weighted by Gasteiger charge is 2.25. The second-order valence-electron chi connectivity index (χ2n) is 4.23. The molecule has 5 heteroatoms. The van der Waals surface area contributed by atoms with Gasteiger partial charge < -0.3 is 15.2 Å². The molecular formula is C11H22N2O3. The smallest absolute Gasteiger partial charge is 0.237 e. The standard InChI is InChI=1S/C11H22N2O3/c1-9(11(15)12-5-8-16-2)13-6-3-10(14)4-7-13/h9-10,14H,3-8H2,1-2H3,(H,12,15). The van der Waals surface area contributed by atoms with Gasteiger partial charge in [-0.3, -0.25) is 9.69 Å². The Hall–Kier alpha value is -0.650. The summed E-state index contributed by atoms with van der Waals surface area (Å²) in [7, 11) is 1.61. The van der Waals surface area contributed by atoms with Crippen molar-refractivity contribution < 1.29 is 14.6 Å². The second kappa shape index (κ2) is 6.83. The molecule has 16 heavy (non-hydrogen) atoms. The Morgan fingerprint density at radius 3 is 2.75 bits per heavy atom. The molecule has 1 rings (SSSR count). The van der Waals surface area contributed by atoms with E-state index < -0.39 is 0 Å². The van der Waals surface area contributed by atoms with Crippen molar-refractivity contribution in [2.75, 3.05) is 33.4 Å². The van der Waals surface area contributed by atoms with Gasteiger partial charge in [-0.1, -0.05) is 0 Å². The zero-order chi connectivity index (χ0) is 12.0. The number of carbonyl (C=O) groups is 1. The van der Waals surface area contributed by atoms with Gasteiger partial charge in [0.15, 0.2) is 0 Å². The lowest BCUT2D eigenvalue weighted by molar-refractivity contribution is -0.126. The number of nitrogens with one attached hydrogen (secondary N) is 1. The SMILES string of the molecule is COCCNC(=O)C(C)N1CCC(O)CC1. The second-order valence-corrected chi connectivity index (χ2v) is 4.23. The predicted molar refractivity (Wildman–Crippen MR) is 61.2 cm³/mol. The molecule has 0 aromatic rings. The van der Waals surface area contributed by atoms with Gasteiger partial charge in [0.1, 0.15) is 0 Å². The minimum atomic E-state index is -0.194. The highest BCUT2D eigenvalue weighted by atomic mass is 16.5. The van der Waals surface area contributed by atoms with Crippen molar-refractivity contribution >= 4 is 5.91 Å². The molecule has 0 radical (unpaired) electrons. The summed E-state index contributed by atoms with van der Waals surface area (Å²) in [6, 6.07) is -0.121. The van der Waals surface area contributed by atoms with Crippen LogP contribution in [-0.2, 0) is 9.53 Å². The van der Waals surface area contributed by atoms with Crippen LogP contribution < -0.4 is 5.32 Å². The maximum absolute atomic E-state index is 11.7. The topological polar surface area (TPSA) is 61.8 Å². The van der Waals surface area contributed by atoms with Crippen LogP contribution in [0.5, 0.6) is 0 Å². The quantitative estimate of drug-likeness (QED) is 0.631. The molecule has 0 saturated carbocycles. The number of ether oxygens (including phenoxy) is 1. The summed E-state index contributed by atoms with van der Waals surface area (Å²) in [5, 5.41) is 12.2. The number of likely N-dealkylation sites (tertiary alicyclic amines) is 1. The molecule has 1 aliphatic heterocycles. The fourth-order valence-corrected chi connectivity index (χ4v) is 1.86. The van der Waals surface area contributed by atoms with Crippen molar-refractivity contribution in [3.8, 4) is 0 Å². The number of aliphatic hydroxyl groups is 1. The van der Waals surface area contributed by atoms with E-state index in [1.807, 2.05) is 6.92 Å². The number of carbonyl (C=O) groups excluding carboxylic acids is 1. The largest absolute Gasteiger partial charge is 0.393 e. The van der Waals surface area contributed by atoms with E-state index in [1.54, 1.807) is 7.11 Å². The maximum atomic E-state index is 11.7. The molecule has 1 fully saturated rings. The average molecular weight is 230 g/mol. The van der Waals surface area contributed by atoms with E-state index in [0.717, 1.165) is 25.9 Å². The molecule has 1 heterocycles. The Labute approximate surface area is 96.8 Å². The Balaban J connectivity index is 2.27. The molecule has 1 saturated heterocycles. The van der Waals surface area contributed by atoms with Crippen molar-refractivity contribution in [3.63, 3.8) is 0 Å². The van der Waals surface area contributed by atoms with Gasteiger partial charge in [0.05, 0.1) is 18.8 Å². The summed E-state index contributed by atoms with van der Waals surface area (Å²) in [5.74, 6) is 0.0356. The van der Waals surface area contributed by atoms with Crippen LogP contribution in [0.2, 0.25) is 0 Å². The number of nitrogens with zero attached hydrogens (tertiary/aromatic N) is 1. The minimum Gasteiger partial charge on any atom is -0.393 e. The average Bonchev–Trinajstić information content (AvgIpc) is 2.29. The molecule has 0 aromatic heterocycles. The molecule has 94 valence electrons. The molecule has 0 spiro atoms. The normalized spacial score (nSPS) is 20.7. The summed E-state index contributed by atoms with van der Waals surface area (Å²) in [6.45, 7) is 4.58. The monoisotopic (exact) mass is 230 g/mol. The molecule has 1 amide bonds. The summed E-state index contributed by atoms with van der Waals surface area (Å²) in [6.07, 6.45) is 1.32. The summed E-state index contributed by atoms with van der Waals surface area (Å²) in [4.78, 5) is 13.8. The molecule has 0 aliphatic carbocycles. The number of rotatable bonds is 5.